The van der Waals surface area contributed by atoms with Gasteiger partial charge in [0, 0.05) is 25.3 Å². The third kappa shape index (κ3) is 3.38. The molecule has 1 aliphatic heterocycles. The summed E-state index contributed by atoms with van der Waals surface area (Å²) < 4.78 is 0. The molecule has 0 aliphatic carbocycles. The molecule has 132 valence electrons. The van der Waals surface area contributed by atoms with Gasteiger partial charge in [0.2, 0.25) is 5.95 Å². The molecule has 5 nitrogen and oxygen atoms in total. The highest BCUT2D eigenvalue weighted by Crippen LogP contribution is 2.32. The lowest BCUT2D eigenvalue weighted by Gasteiger charge is -2.30. The standard InChI is InChI=1S/C21H23N5/c1-2-25(16-17-9-4-3-5-10-17)21-23-20(15-22-24-21)26-14-8-12-18-11-6-7-13-19(18)26/h3-7,9-11,13,15H,2,8,12,14,16H2,1H3. The number of rotatable bonds is 5. The van der Waals surface area contributed by atoms with Crippen molar-refractivity contribution < 1.29 is 0 Å². The molecule has 0 atom stereocenters. The highest BCUT2D eigenvalue weighted by atomic mass is 15.3. The molecule has 2 aromatic carbocycles. The molecule has 5 heteroatoms. The molecule has 2 heterocycles. The van der Waals surface area contributed by atoms with Gasteiger partial charge in [-0.05, 0) is 37.0 Å². The van der Waals surface area contributed by atoms with Gasteiger partial charge in [-0.1, -0.05) is 48.5 Å². The van der Waals surface area contributed by atoms with Crippen molar-refractivity contribution in [1.82, 2.24) is 15.2 Å². The minimum absolute atomic E-state index is 0.678. The Morgan fingerprint density at radius 2 is 1.85 bits per heavy atom. The lowest BCUT2D eigenvalue weighted by molar-refractivity contribution is 0.737. The Kier molecular flexibility index (Phi) is 4.78. The molecule has 0 bridgehead atoms. The van der Waals surface area contributed by atoms with Crippen LogP contribution in [0.3, 0.4) is 0 Å². The molecule has 3 aromatic rings. The summed E-state index contributed by atoms with van der Waals surface area (Å²) in [6.45, 7) is 4.69. The van der Waals surface area contributed by atoms with E-state index in [1.165, 1.54) is 16.8 Å². The summed E-state index contributed by atoms with van der Waals surface area (Å²) in [5.41, 5.74) is 3.85. The van der Waals surface area contributed by atoms with Gasteiger partial charge in [0.05, 0.1) is 6.20 Å². The number of fused-ring (bicyclic) bond motifs is 1. The normalized spacial score (nSPS) is 13.3. The van der Waals surface area contributed by atoms with E-state index in [0.717, 1.165) is 38.3 Å². The second-order valence-electron chi connectivity index (χ2n) is 6.50. The fourth-order valence-electron chi connectivity index (χ4n) is 3.45. The van der Waals surface area contributed by atoms with Crippen LogP contribution < -0.4 is 9.80 Å². The molecule has 0 fully saturated rings. The average Bonchev–Trinajstić information content (AvgIpc) is 2.72. The van der Waals surface area contributed by atoms with Crippen LogP contribution in [0.2, 0.25) is 0 Å². The van der Waals surface area contributed by atoms with E-state index in [1.54, 1.807) is 6.20 Å². The van der Waals surface area contributed by atoms with Crippen LogP contribution >= 0.6 is 0 Å². The maximum Gasteiger partial charge on any atom is 0.247 e. The second kappa shape index (κ2) is 7.52. The zero-order valence-electron chi connectivity index (χ0n) is 15.0. The van der Waals surface area contributed by atoms with E-state index in [0.29, 0.717) is 5.95 Å². The van der Waals surface area contributed by atoms with Gasteiger partial charge in [-0.15, -0.1) is 5.10 Å². The Morgan fingerprint density at radius 3 is 2.69 bits per heavy atom. The first-order chi connectivity index (χ1) is 12.8. The van der Waals surface area contributed by atoms with E-state index >= 15 is 0 Å². The van der Waals surface area contributed by atoms with Gasteiger partial charge < -0.3 is 9.80 Å². The zero-order valence-corrected chi connectivity index (χ0v) is 15.0. The van der Waals surface area contributed by atoms with Gasteiger partial charge in [-0.25, -0.2) is 0 Å². The molecule has 0 amide bonds. The topological polar surface area (TPSA) is 45.2 Å². The zero-order chi connectivity index (χ0) is 17.8. The number of nitrogens with zero attached hydrogens (tertiary/aromatic N) is 5. The average molecular weight is 345 g/mol. The maximum atomic E-state index is 4.84. The van der Waals surface area contributed by atoms with Crippen molar-refractivity contribution in [1.29, 1.82) is 0 Å². The number of para-hydroxylation sites is 1. The maximum absolute atomic E-state index is 4.84. The van der Waals surface area contributed by atoms with E-state index in [-0.39, 0.29) is 0 Å². The summed E-state index contributed by atoms with van der Waals surface area (Å²) in [7, 11) is 0. The van der Waals surface area contributed by atoms with Crippen LogP contribution in [-0.2, 0) is 13.0 Å². The van der Waals surface area contributed by atoms with Crippen LogP contribution in [0.5, 0.6) is 0 Å². The van der Waals surface area contributed by atoms with Crippen LogP contribution in [-0.4, -0.2) is 28.3 Å². The van der Waals surface area contributed by atoms with Gasteiger partial charge in [-0.3, -0.25) is 0 Å². The fourth-order valence-corrected chi connectivity index (χ4v) is 3.45. The molecular formula is C21H23N5. The van der Waals surface area contributed by atoms with Gasteiger partial charge in [0.15, 0.2) is 5.82 Å². The molecule has 0 spiro atoms. The van der Waals surface area contributed by atoms with E-state index < -0.39 is 0 Å². The van der Waals surface area contributed by atoms with Gasteiger partial charge in [0.25, 0.3) is 0 Å². The summed E-state index contributed by atoms with van der Waals surface area (Å²) in [5.74, 6) is 1.55. The number of aryl methyl sites for hydroxylation is 1. The molecule has 1 aromatic heterocycles. The fraction of sp³-hybridized carbons (Fsp3) is 0.286. The highest BCUT2D eigenvalue weighted by Gasteiger charge is 2.20. The Bertz CT molecular complexity index is 865. The Balaban J connectivity index is 1.62. The molecule has 0 saturated heterocycles. The van der Waals surface area contributed by atoms with E-state index in [1.807, 2.05) is 6.07 Å². The van der Waals surface area contributed by atoms with Crippen molar-refractivity contribution in [3.8, 4) is 0 Å². The summed E-state index contributed by atoms with van der Waals surface area (Å²) in [6.07, 6.45) is 4.01. The Hall–Kier alpha value is -2.95. The van der Waals surface area contributed by atoms with Crippen molar-refractivity contribution in [2.75, 3.05) is 22.9 Å². The van der Waals surface area contributed by atoms with Gasteiger partial charge in [-0.2, -0.15) is 10.1 Å². The molecule has 0 N–H and O–H groups in total. The van der Waals surface area contributed by atoms with Crippen LogP contribution in [0.1, 0.15) is 24.5 Å². The number of anilines is 3. The number of hydrogen-bond acceptors (Lipinski definition) is 5. The third-order valence-electron chi connectivity index (χ3n) is 4.80. The van der Waals surface area contributed by atoms with Crippen LogP contribution in [0.15, 0.2) is 60.8 Å². The van der Waals surface area contributed by atoms with Gasteiger partial charge >= 0.3 is 0 Å². The predicted octanol–water partition coefficient (Wildman–Crippen LogP) is 3.98. The second-order valence-corrected chi connectivity index (χ2v) is 6.50. The molecule has 26 heavy (non-hydrogen) atoms. The van der Waals surface area contributed by atoms with Crippen molar-refractivity contribution in [3.05, 3.63) is 71.9 Å². The van der Waals surface area contributed by atoms with E-state index in [4.69, 9.17) is 4.98 Å². The molecule has 4 rings (SSSR count). The number of benzene rings is 2. The summed E-state index contributed by atoms with van der Waals surface area (Å²) in [4.78, 5) is 9.25. The minimum Gasteiger partial charge on any atom is -0.335 e. The molecular weight excluding hydrogens is 322 g/mol. The first-order valence-corrected chi connectivity index (χ1v) is 9.19. The van der Waals surface area contributed by atoms with Crippen LogP contribution in [0.4, 0.5) is 17.5 Å². The number of hydrogen-bond donors (Lipinski definition) is 0. The quantitative estimate of drug-likeness (QED) is 0.700. The van der Waals surface area contributed by atoms with Crippen molar-refractivity contribution in [2.24, 2.45) is 0 Å². The van der Waals surface area contributed by atoms with Crippen LogP contribution in [0.25, 0.3) is 0 Å². The molecule has 0 unspecified atom stereocenters. The monoisotopic (exact) mass is 345 g/mol. The van der Waals surface area contributed by atoms with Crippen molar-refractivity contribution in [3.63, 3.8) is 0 Å². The lowest BCUT2D eigenvalue weighted by atomic mass is 10.0. The smallest absolute Gasteiger partial charge is 0.247 e. The van der Waals surface area contributed by atoms with Gasteiger partial charge in [0.1, 0.15) is 0 Å². The minimum atomic E-state index is 0.678. The SMILES string of the molecule is CCN(Cc1ccccc1)c1nncc(N2CCCc3ccccc32)n1. The Labute approximate surface area is 154 Å². The molecule has 0 saturated carbocycles. The largest absolute Gasteiger partial charge is 0.335 e. The summed E-state index contributed by atoms with van der Waals surface area (Å²) in [6, 6.07) is 19.0. The highest BCUT2D eigenvalue weighted by molar-refractivity contribution is 5.65. The van der Waals surface area contributed by atoms with Crippen LogP contribution in [0, 0.1) is 0 Å². The first-order valence-electron chi connectivity index (χ1n) is 9.19. The number of aromatic nitrogens is 3. The van der Waals surface area contributed by atoms with Crippen molar-refractivity contribution in [2.45, 2.75) is 26.3 Å². The van der Waals surface area contributed by atoms with E-state index in [2.05, 4.69) is 75.5 Å². The molecule has 1 aliphatic rings. The molecule has 0 radical (unpaired) electrons. The first kappa shape index (κ1) is 16.5. The van der Waals surface area contributed by atoms with E-state index in [9.17, 15) is 0 Å². The summed E-state index contributed by atoms with van der Waals surface area (Å²) in [5, 5.41) is 8.54. The van der Waals surface area contributed by atoms with Crippen molar-refractivity contribution >= 4 is 17.5 Å². The Morgan fingerprint density at radius 1 is 1.04 bits per heavy atom. The lowest BCUT2D eigenvalue weighted by Crippen LogP contribution is -2.28. The predicted molar refractivity (Wildman–Crippen MR) is 105 cm³/mol. The third-order valence-corrected chi connectivity index (χ3v) is 4.80. The summed E-state index contributed by atoms with van der Waals surface area (Å²) >= 11 is 0.